The van der Waals surface area contributed by atoms with Crippen molar-refractivity contribution >= 4 is 27.9 Å². The van der Waals surface area contributed by atoms with Gasteiger partial charge in [0.25, 0.3) is 0 Å². The first-order valence-corrected chi connectivity index (χ1v) is 6.13. The number of anilines is 1. The lowest BCUT2D eigenvalue weighted by Gasteiger charge is -2.05. The largest absolute Gasteiger partial charge is 0.363 e. The zero-order chi connectivity index (χ0) is 11.5. The topological polar surface area (TPSA) is 50.7 Å². The molecule has 84 valence electrons. The predicted molar refractivity (Wildman–Crippen MR) is 69.0 cm³/mol. The highest BCUT2D eigenvalue weighted by atomic mass is 32.1. The Balaban J connectivity index is 1.90. The van der Waals surface area contributed by atoms with Gasteiger partial charge in [-0.25, -0.2) is 0 Å². The molecule has 0 aliphatic carbocycles. The van der Waals surface area contributed by atoms with Crippen molar-refractivity contribution in [2.45, 2.75) is 6.54 Å². The van der Waals surface area contributed by atoms with Gasteiger partial charge in [0.1, 0.15) is 0 Å². The molecule has 0 radical (unpaired) electrons. The summed E-state index contributed by atoms with van der Waals surface area (Å²) < 4.78 is 0. The minimum Gasteiger partial charge on any atom is -0.363 e. The van der Waals surface area contributed by atoms with E-state index in [1.807, 2.05) is 36.0 Å². The SMILES string of the molecule is c1ccc2c(NCc3cncs3)nncc2c1. The van der Waals surface area contributed by atoms with Gasteiger partial charge in [-0.05, 0) is 0 Å². The van der Waals surface area contributed by atoms with Crippen molar-refractivity contribution in [3.8, 4) is 0 Å². The Kier molecular flexibility index (Phi) is 2.67. The second kappa shape index (κ2) is 4.47. The summed E-state index contributed by atoms with van der Waals surface area (Å²) in [6, 6.07) is 8.07. The first-order valence-electron chi connectivity index (χ1n) is 5.25. The number of hydrogen-bond acceptors (Lipinski definition) is 5. The third kappa shape index (κ3) is 2.09. The Labute approximate surface area is 102 Å². The molecule has 2 aromatic heterocycles. The van der Waals surface area contributed by atoms with Crippen LogP contribution in [0, 0.1) is 0 Å². The molecule has 1 aromatic carbocycles. The number of fused-ring (bicyclic) bond motifs is 1. The summed E-state index contributed by atoms with van der Waals surface area (Å²) in [7, 11) is 0. The molecule has 0 atom stereocenters. The number of rotatable bonds is 3. The summed E-state index contributed by atoms with van der Waals surface area (Å²) >= 11 is 1.63. The van der Waals surface area contributed by atoms with Crippen LogP contribution in [0.2, 0.25) is 0 Å². The van der Waals surface area contributed by atoms with Gasteiger partial charge < -0.3 is 5.32 Å². The van der Waals surface area contributed by atoms with Gasteiger partial charge in [0.15, 0.2) is 5.82 Å². The van der Waals surface area contributed by atoms with Crippen LogP contribution >= 0.6 is 11.3 Å². The van der Waals surface area contributed by atoms with E-state index in [1.54, 1.807) is 17.5 Å². The summed E-state index contributed by atoms with van der Waals surface area (Å²) in [5.74, 6) is 0.816. The Morgan fingerprint density at radius 1 is 1.18 bits per heavy atom. The molecule has 4 nitrogen and oxygen atoms in total. The minimum atomic E-state index is 0.730. The molecule has 0 spiro atoms. The van der Waals surface area contributed by atoms with Gasteiger partial charge >= 0.3 is 0 Å². The summed E-state index contributed by atoms with van der Waals surface area (Å²) in [4.78, 5) is 5.22. The van der Waals surface area contributed by atoms with Crippen LogP contribution in [0.5, 0.6) is 0 Å². The standard InChI is InChI=1S/C12H10N4S/c1-2-4-11-9(3-1)5-15-16-12(11)14-7-10-6-13-8-17-10/h1-6,8H,7H2,(H,14,16). The van der Waals surface area contributed by atoms with Crippen molar-refractivity contribution in [3.63, 3.8) is 0 Å². The van der Waals surface area contributed by atoms with Gasteiger partial charge in [-0.1, -0.05) is 24.3 Å². The fourth-order valence-corrected chi connectivity index (χ4v) is 2.19. The van der Waals surface area contributed by atoms with Crippen molar-refractivity contribution in [1.29, 1.82) is 0 Å². The normalized spacial score (nSPS) is 10.6. The molecule has 0 bridgehead atoms. The molecule has 0 fully saturated rings. The van der Waals surface area contributed by atoms with Crippen LogP contribution in [-0.4, -0.2) is 15.2 Å². The number of hydrogen-bond donors (Lipinski definition) is 1. The summed E-state index contributed by atoms with van der Waals surface area (Å²) in [6.07, 6.45) is 3.63. The van der Waals surface area contributed by atoms with Crippen LogP contribution in [0.15, 0.2) is 42.2 Å². The Morgan fingerprint density at radius 3 is 3.00 bits per heavy atom. The smallest absolute Gasteiger partial charge is 0.156 e. The average Bonchev–Trinajstić information content (AvgIpc) is 2.89. The Bertz CT molecular complexity index is 616. The molecule has 1 N–H and O–H groups in total. The quantitative estimate of drug-likeness (QED) is 0.767. The van der Waals surface area contributed by atoms with E-state index >= 15 is 0 Å². The van der Waals surface area contributed by atoms with E-state index in [1.165, 1.54) is 4.88 Å². The summed E-state index contributed by atoms with van der Waals surface area (Å²) in [5, 5.41) is 13.6. The molecular weight excluding hydrogens is 232 g/mol. The van der Waals surface area contributed by atoms with Crippen LogP contribution in [-0.2, 0) is 6.54 Å². The number of thiazole rings is 1. The molecule has 5 heteroatoms. The fraction of sp³-hybridized carbons (Fsp3) is 0.0833. The van der Waals surface area contributed by atoms with Crippen LogP contribution in [0.4, 0.5) is 5.82 Å². The van der Waals surface area contributed by atoms with Gasteiger partial charge in [0.2, 0.25) is 0 Å². The fourth-order valence-electron chi connectivity index (χ4n) is 1.66. The Morgan fingerprint density at radius 2 is 2.12 bits per heavy atom. The van der Waals surface area contributed by atoms with Crippen LogP contribution in [0.25, 0.3) is 10.8 Å². The van der Waals surface area contributed by atoms with Crippen molar-refractivity contribution in [2.24, 2.45) is 0 Å². The van der Waals surface area contributed by atoms with Gasteiger partial charge in [0, 0.05) is 21.8 Å². The molecule has 17 heavy (non-hydrogen) atoms. The van der Waals surface area contributed by atoms with Crippen molar-refractivity contribution in [1.82, 2.24) is 15.2 Å². The molecule has 0 aliphatic heterocycles. The third-order valence-electron chi connectivity index (χ3n) is 2.48. The van der Waals surface area contributed by atoms with Crippen molar-refractivity contribution < 1.29 is 0 Å². The van der Waals surface area contributed by atoms with Gasteiger partial charge in [-0.2, -0.15) is 5.10 Å². The highest BCUT2D eigenvalue weighted by Crippen LogP contribution is 2.20. The highest BCUT2D eigenvalue weighted by molar-refractivity contribution is 7.09. The monoisotopic (exact) mass is 242 g/mol. The first-order chi connectivity index (χ1) is 8.43. The van der Waals surface area contributed by atoms with Crippen LogP contribution in [0.3, 0.4) is 0 Å². The van der Waals surface area contributed by atoms with Crippen molar-refractivity contribution in [3.05, 3.63) is 47.0 Å². The molecular formula is C12H10N4S. The zero-order valence-electron chi connectivity index (χ0n) is 9.00. The lowest BCUT2D eigenvalue weighted by Crippen LogP contribution is -2.01. The second-order valence-corrected chi connectivity index (χ2v) is 4.57. The number of nitrogens with zero attached hydrogens (tertiary/aromatic N) is 3. The molecule has 0 unspecified atom stereocenters. The van der Waals surface area contributed by atoms with E-state index in [0.717, 1.165) is 23.1 Å². The van der Waals surface area contributed by atoms with Gasteiger partial charge in [-0.15, -0.1) is 16.4 Å². The number of nitrogens with one attached hydrogen (secondary N) is 1. The maximum absolute atomic E-state index is 4.13. The minimum absolute atomic E-state index is 0.730. The number of benzene rings is 1. The van der Waals surface area contributed by atoms with E-state index < -0.39 is 0 Å². The molecule has 2 heterocycles. The molecule has 0 saturated heterocycles. The molecule has 0 aliphatic rings. The average molecular weight is 242 g/mol. The van der Waals surface area contributed by atoms with Crippen LogP contribution in [0.1, 0.15) is 4.88 Å². The van der Waals surface area contributed by atoms with Gasteiger partial charge in [-0.3, -0.25) is 4.98 Å². The van der Waals surface area contributed by atoms with E-state index in [4.69, 9.17) is 0 Å². The third-order valence-corrected chi connectivity index (χ3v) is 3.26. The maximum Gasteiger partial charge on any atom is 0.156 e. The first kappa shape index (κ1) is 10.2. The zero-order valence-corrected chi connectivity index (χ0v) is 9.81. The van der Waals surface area contributed by atoms with Crippen LogP contribution < -0.4 is 5.32 Å². The highest BCUT2D eigenvalue weighted by Gasteiger charge is 2.02. The molecule has 3 aromatic rings. The number of aromatic nitrogens is 3. The molecule has 0 amide bonds. The van der Waals surface area contributed by atoms with E-state index in [2.05, 4.69) is 20.5 Å². The predicted octanol–water partition coefficient (Wildman–Crippen LogP) is 2.70. The van der Waals surface area contributed by atoms with E-state index in [9.17, 15) is 0 Å². The summed E-state index contributed by atoms with van der Waals surface area (Å²) in [6.45, 7) is 0.730. The lowest BCUT2D eigenvalue weighted by molar-refractivity contribution is 1.02. The maximum atomic E-state index is 4.13. The van der Waals surface area contributed by atoms with E-state index in [-0.39, 0.29) is 0 Å². The second-order valence-electron chi connectivity index (χ2n) is 3.60. The molecule has 3 rings (SSSR count). The lowest BCUT2D eigenvalue weighted by atomic mass is 10.2. The molecule has 0 saturated carbocycles. The summed E-state index contributed by atoms with van der Waals surface area (Å²) in [5.41, 5.74) is 1.83. The Hall–Kier alpha value is -2.01. The van der Waals surface area contributed by atoms with E-state index in [0.29, 0.717) is 0 Å². The van der Waals surface area contributed by atoms with Gasteiger partial charge in [0.05, 0.1) is 18.3 Å². The van der Waals surface area contributed by atoms with Crippen molar-refractivity contribution in [2.75, 3.05) is 5.32 Å².